The summed E-state index contributed by atoms with van der Waals surface area (Å²) in [5, 5.41) is 13.3. The predicted molar refractivity (Wildman–Crippen MR) is 86.7 cm³/mol. The van der Waals surface area contributed by atoms with Crippen LogP contribution in [0.3, 0.4) is 0 Å². The number of halogens is 1. The fourth-order valence-electron chi connectivity index (χ4n) is 2.27. The van der Waals surface area contributed by atoms with Gasteiger partial charge in [0.05, 0.1) is 16.0 Å². The number of benzene rings is 1. The molecule has 0 aliphatic heterocycles. The Morgan fingerprint density at radius 1 is 1.20 bits per heavy atom. The quantitative estimate of drug-likeness (QED) is 0.893. The molecule has 0 aliphatic rings. The predicted octanol–water partition coefficient (Wildman–Crippen LogP) is 4.10. The number of aliphatic hydroxyl groups excluding tert-OH is 1. The Labute approximate surface area is 129 Å². The van der Waals surface area contributed by atoms with Crippen LogP contribution in [0.15, 0.2) is 23.6 Å². The van der Waals surface area contributed by atoms with Gasteiger partial charge in [-0.1, -0.05) is 29.8 Å². The lowest BCUT2D eigenvalue weighted by atomic mass is 9.90. The van der Waals surface area contributed by atoms with Gasteiger partial charge in [0, 0.05) is 12.5 Å². The smallest absolute Gasteiger partial charge is 0.0977 e. The maximum absolute atomic E-state index is 10.6. The third kappa shape index (κ3) is 2.91. The summed E-state index contributed by atoms with van der Waals surface area (Å²) in [4.78, 5) is 0.804. The van der Waals surface area contributed by atoms with Gasteiger partial charge in [-0.15, -0.1) is 11.3 Å². The molecule has 20 heavy (non-hydrogen) atoms. The number of hydrogen-bond acceptors (Lipinski definition) is 3. The molecule has 0 bridgehead atoms. The first-order chi connectivity index (χ1) is 9.45. The number of rotatable bonds is 4. The van der Waals surface area contributed by atoms with Crippen LogP contribution in [0.4, 0.5) is 0 Å². The van der Waals surface area contributed by atoms with Gasteiger partial charge in [-0.3, -0.25) is 0 Å². The van der Waals surface area contributed by atoms with E-state index in [1.807, 2.05) is 18.4 Å². The summed E-state index contributed by atoms with van der Waals surface area (Å²) in [7, 11) is 0. The SMILES string of the molecule is Cc1ccc(C(CN)C(O)c2scc(C)c2Cl)cc1C. The number of hydrogen-bond donors (Lipinski definition) is 2. The largest absolute Gasteiger partial charge is 0.387 e. The summed E-state index contributed by atoms with van der Waals surface area (Å²) in [6.45, 7) is 6.48. The third-order valence-electron chi connectivity index (χ3n) is 3.79. The Hall–Kier alpha value is -0.870. The summed E-state index contributed by atoms with van der Waals surface area (Å²) in [6.07, 6.45) is -0.659. The van der Waals surface area contributed by atoms with E-state index in [1.165, 1.54) is 22.5 Å². The highest BCUT2D eigenvalue weighted by Gasteiger charge is 2.25. The zero-order valence-corrected chi connectivity index (χ0v) is 13.6. The molecule has 0 saturated heterocycles. The van der Waals surface area contributed by atoms with Crippen LogP contribution < -0.4 is 5.73 Å². The zero-order valence-electron chi connectivity index (χ0n) is 12.0. The minimum Gasteiger partial charge on any atom is -0.387 e. The van der Waals surface area contributed by atoms with Crippen LogP contribution in [0.2, 0.25) is 5.02 Å². The van der Waals surface area contributed by atoms with Gasteiger partial charge in [-0.05, 0) is 48.4 Å². The van der Waals surface area contributed by atoms with E-state index in [9.17, 15) is 5.11 Å². The van der Waals surface area contributed by atoms with Gasteiger partial charge in [0.15, 0.2) is 0 Å². The van der Waals surface area contributed by atoms with Crippen molar-refractivity contribution in [1.82, 2.24) is 0 Å². The van der Waals surface area contributed by atoms with Crippen molar-refractivity contribution in [3.05, 3.63) is 55.7 Å². The Kier molecular flexibility index (Phi) is 4.86. The fourth-order valence-corrected chi connectivity index (χ4v) is 3.63. The summed E-state index contributed by atoms with van der Waals surface area (Å²) in [5.74, 6) is -0.134. The van der Waals surface area contributed by atoms with Gasteiger partial charge < -0.3 is 10.8 Å². The molecule has 0 fully saturated rings. The average Bonchev–Trinajstić information content (AvgIpc) is 2.75. The summed E-state index contributed by atoms with van der Waals surface area (Å²) in [6, 6.07) is 6.21. The van der Waals surface area contributed by atoms with Crippen molar-refractivity contribution < 1.29 is 5.11 Å². The van der Waals surface area contributed by atoms with Crippen LogP contribution in [-0.2, 0) is 0 Å². The molecule has 4 heteroatoms. The average molecular weight is 310 g/mol. The summed E-state index contributed by atoms with van der Waals surface area (Å²) >= 11 is 7.75. The minimum atomic E-state index is -0.659. The van der Waals surface area contributed by atoms with Crippen molar-refractivity contribution >= 4 is 22.9 Å². The molecule has 2 aromatic rings. The summed E-state index contributed by atoms with van der Waals surface area (Å²) in [5.41, 5.74) is 10.4. The Balaban J connectivity index is 2.36. The number of nitrogens with two attached hydrogens (primary N) is 1. The van der Waals surface area contributed by atoms with Crippen molar-refractivity contribution in [3.8, 4) is 0 Å². The Morgan fingerprint density at radius 3 is 2.40 bits per heavy atom. The zero-order chi connectivity index (χ0) is 14.9. The molecule has 3 N–H and O–H groups in total. The second-order valence-electron chi connectivity index (χ2n) is 5.23. The molecule has 0 aliphatic carbocycles. The van der Waals surface area contributed by atoms with Crippen molar-refractivity contribution in [2.45, 2.75) is 32.8 Å². The van der Waals surface area contributed by atoms with E-state index >= 15 is 0 Å². The topological polar surface area (TPSA) is 46.2 Å². The van der Waals surface area contributed by atoms with Crippen molar-refractivity contribution in [2.24, 2.45) is 5.73 Å². The van der Waals surface area contributed by atoms with Crippen LogP contribution in [0, 0.1) is 20.8 Å². The standard InChI is InChI=1S/C16H20ClNOS/c1-9-4-5-12(6-10(9)2)13(7-18)15(19)16-14(17)11(3)8-20-16/h4-6,8,13,15,19H,7,18H2,1-3H3. The molecule has 0 saturated carbocycles. The van der Waals surface area contributed by atoms with Crippen molar-refractivity contribution in [3.63, 3.8) is 0 Å². The van der Waals surface area contributed by atoms with Gasteiger partial charge in [-0.25, -0.2) is 0 Å². The first-order valence-corrected chi connectivity index (χ1v) is 7.90. The minimum absolute atomic E-state index is 0.134. The van der Waals surface area contributed by atoms with E-state index in [-0.39, 0.29) is 5.92 Å². The van der Waals surface area contributed by atoms with Crippen LogP contribution in [0.25, 0.3) is 0 Å². The highest BCUT2D eigenvalue weighted by atomic mass is 35.5. The van der Waals surface area contributed by atoms with Crippen LogP contribution in [-0.4, -0.2) is 11.7 Å². The Morgan fingerprint density at radius 2 is 1.90 bits per heavy atom. The molecule has 0 amide bonds. The third-order valence-corrected chi connectivity index (χ3v) is 5.57. The second-order valence-corrected chi connectivity index (χ2v) is 6.52. The molecule has 2 atom stereocenters. The molecule has 2 nitrogen and oxygen atoms in total. The van der Waals surface area contributed by atoms with E-state index in [1.54, 1.807) is 0 Å². The monoisotopic (exact) mass is 309 g/mol. The van der Waals surface area contributed by atoms with Crippen molar-refractivity contribution in [1.29, 1.82) is 0 Å². The lowest BCUT2D eigenvalue weighted by molar-refractivity contribution is 0.151. The van der Waals surface area contributed by atoms with Crippen LogP contribution >= 0.6 is 22.9 Å². The lowest BCUT2D eigenvalue weighted by Crippen LogP contribution is -2.20. The molecule has 2 unspecified atom stereocenters. The number of aliphatic hydroxyl groups is 1. The van der Waals surface area contributed by atoms with Gasteiger partial charge in [0.2, 0.25) is 0 Å². The highest BCUT2D eigenvalue weighted by Crippen LogP contribution is 2.39. The van der Waals surface area contributed by atoms with Gasteiger partial charge in [0.25, 0.3) is 0 Å². The van der Waals surface area contributed by atoms with Gasteiger partial charge >= 0.3 is 0 Å². The summed E-state index contributed by atoms with van der Waals surface area (Å²) < 4.78 is 0. The molecular formula is C16H20ClNOS. The van der Waals surface area contributed by atoms with E-state index < -0.39 is 6.10 Å². The lowest BCUT2D eigenvalue weighted by Gasteiger charge is -2.22. The highest BCUT2D eigenvalue weighted by molar-refractivity contribution is 7.10. The molecule has 1 aromatic heterocycles. The number of thiophene rings is 1. The van der Waals surface area contributed by atoms with E-state index in [4.69, 9.17) is 17.3 Å². The molecule has 1 heterocycles. The second kappa shape index (κ2) is 6.27. The van der Waals surface area contributed by atoms with E-state index in [0.29, 0.717) is 11.6 Å². The molecule has 108 valence electrons. The van der Waals surface area contributed by atoms with Crippen LogP contribution in [0.1, 0.15) is 39.2 Å². The van der Waals surface area contributed by atoms with E-state index in [2.05, 4.69) is 26.0 Å². The molecule has 2 rings (SSSR count). The van der Waals surface area contributed by atoms with Gasteiger partial charge in [-0.2, -0.15) is 0 Å². The first kappa shape index (κ1) is 15.5. The van der Waals surface area contributed by atoms with Crippen LogP contribution in [0.5, 0.6) is 0 Å². The maximum Gasteiger partial charge on any atom is 0.0977 e. The van der Waals surface area contributed by atoms with E-state index in [0.717, 1.165) is 16.0 Å². The first-order valence-electron chi connectivity index (χ1n) is 6.64. The molecular weight excluding hydrogens is 290 g/mol. The van der Waals surface area contributed by atoms with Gasteiger partial charge in [0.1, 0.15) is 0 Å². The maximum atomic E-state index is 10.6. The Bertz CT molecular complexity index is 609. The fraction of sp³-hybridized carbons (Fsp3) is 0.375. The normalized spacial score (nSPS) is 14.3. The molecule has 0 radical (unpaired) electrons. The molecule has 1 aromatic carbocycles. The van der Waals surface area contributed by atoms with Crippen molar-refractivity contribution in [2.75, 3.05) is 6.54 Å². The number of aryl methyl sites for hydroxylation is 3. The molecule has 0 spiro atoms.